The van der Waals surface area contributed by atoms with Crippen molar-refractivity contribution in [3.63, 3.8) is 0 Å². The van der Waals surface area contributed by atoms with Crippen molar-refractivity contribution in [3.8, 4) is 5.75 Å². The fraction of sp³-hybridized carbons (Fsp3) is 0.0833. The van der Waals surface area contributed by atoms with Gasteiger partial charge in [0, 0.05) is 15.6 Å². The summed E-state index contributed by atoms with van der Waals surface area (Å²) in [6, 6.07) is 23.1. The molecule has 0 saturated carbocycles. The molecule has 0 spiro atoms. The Kier molecular flexibility index (Phi) is 5.58. The Morgan fingerprint density at radius 1 is 1.03 bits per heavy atom. The minimum Gasteiger partial charge on any atom is -0.488 e. The number of aliphatic imine (C=N–C) groups is 1. The third-order valence-corrected chi connectivity index (χ3v) is 5.04. The lowest BCUT2D eigenvalue weighted by molar-refractivity contribution is -0.129. The van der Waals surface area contributed by atoms with E-state index in [9.17, 15) is 4.79 Å². The fourth-order valence-corrected chi connectivity index (χ4v) is 3.36. The average Bonchev–Trinajstić information content (AvgIpc) is 3.09. The van der Waals surface area contributed by atoms with Gasteiger partial charge in [0.15, 0.2) is 5.70 Å². The summed E-state index contributed by atoms with van der Waals surface area (Å²) in [7, 11) is 0. The molecule has 0 bridgehead atoms. The number of aryl methyl sites for hydroxylation is 1. The molecule has 0 unspecified atom stereocenters. The molecule has 4 rings (SSSR count). The number of carbonyl (C=O) groups is 1. The monoisotopic (exact) mass is 447 g/mol. The molecule has 4 nitrogen and oxygen atoms in total. The second kappa shape index (κ2) is 8.45. The van der Waals surface area contributed by atoms with E-state index in [0.717, 1.165) is 21.2 Å². The summed E-state index contributed by atoms with van der Waals surface area (Å²) in [6.45, 7) is 2.50. The van der Waals surface area contributed by atoms with E-state index in [2.05, 4.69) is 33.9 Å². The van der Waals surface area contributed by atoms with E-state index in [-0.39, 0.29) is 5.70 Å². The van der Waals surface area contributed by atoms with Gasteiger partial charge in [-0.25, -0.2) is 9.79 Å². The largest absolute Gasteiger partial charge is 0.488 e. The molecule has 0 amide bonds. The first-order chi connectivity index (χ1) is 14.1. The predicted molar refractivity (Wildman–Crippen MR) is 117 cm³/mol. The molecule has 1 aliphatic heterocycles. The first-order valence-electron chi connectivity index (χ1n) is 9.15. The van der Waals surface area contributed by atoms with Crippen LogP contribution in [-0.2, 0) is 16.1 Å². The van der Waals surface area contributed by atoms with Crippen LogP contribution in [0.25, 0.3) is 6.08 Å². The number of halogens is 1. The number of ether oxygens (including phenoxy) is 2. The van der Waals surface area contributed by atoms with Crippen molar-refractivity contribution in [2.45, 2.75) is 13.5 Å². The van der Waals surface area contributed by atoms with Crippen LogP contribution < -0.4 is 4.74 Å². The lowest BCUT2D eigenvalue weighted by Gasteiger charge is -2.11. The normalized spacial score (nSPS) is 14.6. The lowest BCUT2D eigenvalue weighted by atomic mass is 10.1. The van der Waals surface area contributed by atoms with E-state index in [4.69, 9.17) is 9.47 Å². The highest BCUT2D eigenvalue weighted by Crippen LogP contribution is 2.26. The van der Waals surface area contributed by atoms with Gasteiger partial charge >= 0.3 is 5.97 Å². The molecule has 29 heavy (non-hydrogen) atoms. The van der Waals surface area contributed by atoms with Crippen molar-refractivity contribution < 1.29 is 14.3 Å². The number of esters is 1. The summed E-state index contributed by atoms with van der Waals surface area (Å²) in [4.78, 5) is 16.7. The van der Waals surface area contributed by atoms with Gasteiger partial charge in [0.2, 0.25) is 5.90 Å². The van der Waals surface area contributed by atoms with E-state index in [1.54, 1.807) is 6.08 Å². The topological polar surface area (TPSA) is 47.9 Å². The minimum absolute atomic E-state index is 0.243. The predicted octanol–water partition coefficient (Wildman–Crippen LogP) is 5.68. The van der Waals surface area contributed by atoms with Crippen molar-refractivity contribution in [1.82, 2.24) is 0 Å². The van der Waals surface area contributed by atoms with Crippen LogP contribution in [0.4, 0.5) is 0 Å². The molecular weight excluding hydrogens is 430 g/mol. The first-order valence-corrected chi connectivity index (χ1v) is 9.94. The van der Waals surface area contributed by atoms with Crippen LogP contribution in [0.1, 0.15) is 22.3 Å². The van der Waals surface area contributed by atoms with Crippen LogP contribution >= 0.6 is 15.9 Å². The van der Waals surface area contributed by atoms with Crippen LogP contribution in [0.5, 0.6) is 5.75 Å². The first kappa shape index (κ1) is 19.2. The molecule has 0 N–H and O–H groups in total. The molecule has 0 saturated heterocycles. The maximum Gasteiger partial charge on any atom is 0.363 e. The Morgan fingerprint density at radius 3 is 2.66 bits per heavy atom. The summed E-state index contributed by atoms with van der Waals surface area (Å²) in [5.74, 6) is 0.497. The molecule has 3 aromatic carbocycles. The van der Waals surface area contributed by atoms with Gasteiger partial charge in [-0.15, -0.1) is 0 Å². The highest BCUT2D eigenvalue weighted by atomic mass is 79.9. The smallest absolute Gasteiger partial charge is 0.363 e. The zero-order chi connectivity index (χ0) is 20.2. The molecule has 0 aliphatic carbocycles. The fourth-order valence-electron chi connectivity index (χ4n) is 2.96. The van der Waals surface area contributed by atoms with Gasteiger partial charge in [0.25, 0.3) is 0 Å². The number of benzene rings is 3. The Morgan fingerprint density at radius 2 is 1.83 bits per heavy atom. The third-order valence-electron chi connectivity index (χ3n) is 4.55. The Hall–Kier alpha value is -3.18. The van der Waals surface area contributed by atoms with Gasteiger partial charge in [-0.05, 0) is 48.4 Å². The van der Waals surface area contributed by atoms with E-state index < -0.39 is 5.97 Å². The van der Waals surface area contributed by atoms with Crippen LogP contribution in [0.3, 0.4) is 0 Å². The SMILES string of the molecule is Cc1ccccc1COc1ccccc1/C=C1\N=C(c2cccc(Br)c2)OC1=O. The van der Waals surface area contributed by atoms with Gasteiger partial charge in [0.05, 0.1) is 0 Å². The molecule has 144 valence electrons. The number of carbonyl (C=O) groups excluding carboxylic acids is 1. The molecule has 1 aliphatic rings. The van der Waals surface area contributed by atoms with Gasteiger partial charge in [-0.3, -0.25) is 0 Å². The second-order valence-corrected chi connectivity index (χ2v) is 7.52. The van der Waals surface area contributed by atoms with Gasteiger partial charge in [0.1, 0.15) is 12.4 Å². The summed E-state index contributed by atoms with van der Waals surface area (Å²) >= 11 is 3.42. The highest BCUT2D eigenvalue weighted by Gasteiger charge is 2.24. The van der Waals surface area contributed by atoms with E-state index in [1.165, 1.54) is 5.56 Å². The zero-order valence-electron chi connectivity index (χ0n) is 15.8. The molecule has 3 aromatic rings. The number of para-hydroxylation sites is 1. The molecule has 0 fully saturated rings. The van der Waals surface area contributed by atoms with Gasteiger partial charge in [-0.1, -0.05) is 64.5 Å². The second-order valence-electron chi connectivity index (χ2n) is 6.60. The molecule has 0 radical (unpaired) electrons. The number of nitrogens with zero attached hydrogens (tertiary/aromatic N) is 1. The standard InChI is InChI=1S/C24H18BrNO3/c1-16-7-2-3-9-19(16)15-28-22-12-5-4-8-17(22)14-21-24(27)29-23(26-21)18-10-6-11-20(25)13-18/h2-14H,15H2,1H3/b21-14-. The van der Waals surface area contributed by atoms with E-state index in [0.29, 0.717) is 18.3 Å². The van der Waals surface area contributed by atoms with Crippen molar-refractivity contribution >= 4 is 33.9 Å². The number of hydrogen-bond donors (Lipinski definition) is 0. The van der Waals surface area contributed by atoms with Crippen LogP contribution in [0, 0.1) is 6.92 Å². The number of cyclic esters (lactones) is 1. The average molecular weight is 448 g/mol. The molecular formula is C24H18BrNO3. The number of rotatable bonds is 5. The Balaban J connectivity index is 1.59. The van der Waals surface area contributed by atoms with Crippen molar-refractivity contribution in [2.24, 2.45) is 4.99 Å². The maximum absolute atomic E-state index is 12.3. The Bertz CT molecular complexity index is 1130. The third kappa shape index (κ3) is 4.46. The molecule has 5 heteroatoms. The summed E-state index contributed by atoms with van der Waals surface area (Å²) in [5, 5.41) is 0. The van der Waals surface area contributed by atoms with Crippen LogP contribution in [0.2, 0.25) is 0 Å². The summed E-state index contributed by atoms with van der Waals surface area (Å²) in [6.07, 6.45) is 1.69. The molecule has 0 atom stereocenters. The quantitative estimate of drug-likeness (QED) is 0.373. The lowest BCUT2D eigenvalue weighted by Crippen LogP contribution is -2.05. The maximum atomic E-state index is 12.3. The van der Waals surface area contributed by atoms with E-state index in [1.807, 2.05) is 66.7 Å². The zero-order valence-corrected chi connectivity index (χ0v) is 17.3. The van der Waals surface area contributed by atoms with E-state index >= 15 is 0 Å². The van der Waals surface area contributed by atoms with Gasteiger partial charge < -0.3 is 9.47 Å². The van der Waals surface area contributed by atoms with Crippen molar-refractivity contribution in [2.75, 3.05) is 0 Å². The summed E-state index contributed by atoms with van der Waals surface area (Å²) in [5.41, 5.74) is 4.04. The Labute approximate surface area is 177 Å². The van der Waals surface area contributed by atoms with Crippen molar-refractivity contribution in [1.29, 1.82) is 0 Å². The van der Waals surface area contributed by atoms with Crippen molar-refractivity contribution in [3.05, 3.63) is 105 Å². The summed E-state index contributed by atoms with van der Waals surface area (Å²) < 4.78 is 12.3. The molecule has 0 aromatic heterocycles. The van der Waals surface area contributed by atoms with Crippen LogP contribution in [0.15, 0.2) is 88.0 Å². The van der Waals surface area contributed by atoms with Gasteiger partial charge in [-0.2, -0.15) is 0 Å². The minimum atomic E-state index is -0.478. The molecule has 1 heterocycles. The van der Waals surface area contributed by atoms with Crippen LogP contribution in [-0.4, -0.2) is 11.9 Å². The highest BCUT2D eigenvalue weighted by molar-refractivity contribution is 9.10. The number of hydrogen-bond acceptors (Lipinski definition) is 4.